The maximum Gasteiger partial charge on any atom is 0.189 e. The molecule has 0 radical (unpaired) electrons. The number of nitriles is 1. The largest absolute Gasteiger partial charge is 0.481 e. The fraction of sp³-hybridized carbons (Fsp3) is 0.500. The van der Waals surface area contributed by atoms with Crippen molar-refractivity contribution in [2.24, 2.45) is 0 Å². The molecule has 0 aliphatic carbocycles. The number of rotatable bonds is 2. The number of hydrogen-bond donors (Lipinski definition) is 0. The lowest BCUT2D eigenvalue weighted by atomic mass is 10.5. The van der Waals surface area contributed by atoms with Crippen molar-refractivity contribution in [3.8, 4) is 6.07 Å². The normalized spacial score (nSPS) is 8.25. The van der Waals surface area contributed by atoms with E-state index < -0.39 is 0 Å². The number of allylic oxidation sites excluding steroid dienone is 1. The molecule has 0 amide bonds. The first kappa shape index (κ1) is 7.03. The van der Waals surface area contributed by atoms with E-state index in [-0.39, 0.29) is 11.9 Å². The Morgan fingerprint density at radius 1 is 1.75 bits per heavy atom. The van der Waals surface area contributed by atoms with Crippen LogP contribution < -0.4 is 0 Å². The zero-order valence-electron chi connectivity index (χ0n) is 5.14. The lowest BCUT2D eigenvalue weighted by Gasteiger charge is -2.04. The highest BCUT2D eigenvalue weighted by Crippen LogP contribution is 1.95. The Hall–Kier alpha value is -0.970. The summed E-state index contributed by atoms with van der Waals surface area (Å²) in [4.78, 5) is 0. The fourth-order valence-electron chi connectivity index (χ4n) is 0.311. The third-order valence-corrected chi connectivity index (χ3v) is 0.503. The molecular weight excluding hydrogens is 102 g/mol. The summed E-state index contributed by atoms with van der Waals surface area (Å²) in [5.41, 5.74) is 0. The molecule has 0 unspecified atom stereocenters. The quantitative estimate of drug-likeness (QED) is 0.399. The van der Waals surface area contributed by atoms with Gasteiger partial charge in [-0.05, 0) is 20.4 Å². The highest BCUT2D eigenvalue weighted by molar-refractivity contribution is 5.07. The topological polar surface area (TPSA) is 33.0 Å². The minimum atomic E-state index is 0.0575. The van der Waals surface area contributed by atoms with E-state index in [0.29, 0.717) is 0 Å². The van der Waals surface area contributed by atoms with E-state index in [2.05, 4.69) is 6.58 Å². The summed E-state index contributed by atoms with van der Waals surface area (Å²) in [7, 11) is 0. The molecule has 0 fully saturated rings. The van der Waals surface area contributed by atoms with Crippen LogP contribution >= 0.6 is 0 Å². The predicted octanol–water partition coefficient (Wildman–Crippen LogP) is 1.45. The van der Waals surface area contributed by atoms with Crippen LogP contribution in [0.25, 0.3) is 0 Å². The van der Waals surface area contributed by atoms with Gasteiger partial charge in [-0.15, -0.1) is 0 Å². The van der Waals surface area contributed by atoms with Gasteiger partial charge in [0, 0.05) is 0 Å². The first-order valence-corrected chi connectivity index (χ1v) is 2.42. The molecule has 2 nitrogen and oxygen atoms in total. The maximum atomic E-state index is 8.11. The van der Waals surface area contributed by atoms with Gasteiger partial charge in [-0.25, -0.2) is 0 Å². The molecule has 0 aromatic heterocycles. The number of nitrogens with zero attached hydrogens (tertiary/aromatic N) is 1. The van der Waals surface area contributed by atoms with Crippen LogP contribution in [0.4, 0.5) is 0 Å². The van der Waals surface area contributed by atoms with E-state index in [0.717, 1.165) is 0 Å². The van der Waals surface area contributed by atoms with Gasteiger partial charge in [0.15, 0.2) is 5.76 Å². The van der Waals surface area contributed by atoms with Crippen molar-refractivity contribution in [2.75, 3.05) is 0 Å². The van der Waals surface area contributed by atoms with Crippen LogP contribution in [0, 0.1) is 11.3 Å². The van der Waals surface area contributed by atoms with E-state index in [9.17, 15) is 0 Å². The van der Waals surface area contributed by atoms with Crippen molar-refractivity contribution < 1.29 is 4.74 Å². The predicted molar refractivity (Wildman–Crippen MR) is 31.0 cm³/mol. The highest BCUT2D eigenvalue weighted by Gasteiger charge is 1.93. The Kier molecular flexibility index (Phi) is 2.71. The van der Waals surface area contributed by atoms with Crippen LogP contribution in [0.1, 0.15) is 13.8 Å². The molecule has 0 N–H and O–H groups in total. The minimum absolute atomic E-state index is 0.0575. The summed E-state index contributed by atoms with van der Waals surface area (Å²) >= 11 is 0. The highest BCUT2D eigenvalue weighted by atomic mass is 16.5. The second-order valence-corrected chi connectivity index (χ2v) is 1.70. The van der Waals surface area contributed by atoms with Crippen LogP contribution in [0.5, 0.6) is 0 Å². The van der Waals surface area contributed by atoms with Crippen molar-refractivity contribution >= 4 is 0 Å². The first-order valence-electron chi connectivity index (χ1n) is 2.42. The van der Waals surface area contributed by atoms with Crippen molar-refractivity contribution in [3.05, 3.63) is 12.3 Å². The Morgan fingerprint density at radius 2 is 2.25 bits per heavy atom. The zero-order valence-corrected chi connectivity index (χ0v) is 5.14. The molecule has 8 heavy (non-hydrogen) atoms. The summed E-state index contributed by atoms with van der Waals surface area (Å²) in [6.45, 7) is 7.03. The molecule has 2 heteroatoms. The van der Waals surface area contributed by atoms with E-state index in [4.69, 9.17) is 10.00 Å². The Bertz CT molecular complexity index is 121. The average Bonchev–Trinajstić information content (AvgIpc) is 1.65. The van der Waals surface area contributed by atoms with Crippen LogP contribution in [0.2, 0.25) is 0 Å². The molecular formula is C6H9NO. The molecule has 44 valence electrons. The van der Waals surface area contributed by atoms with Gasteiger partial charge in [0.05, 0.1) is 6.10 Å². The van der Waals surface area contributed by atoms with Gasteiger partial charge in [-0.2, -0.15) is 5.26 Å². The average molecular weight is 111 g/mol. The summed E-state index contributed by atoms with van der Waals surface area (Å²) in [6, 6.07) is 1.78. The third kappa shape index (κ3) is 3.23. The number of hydrogen-bond acceptors (Lipinski definition) is 2. The molecule has 0 saturated carbocycles. The van der Waals surface area contributed by atoms with Crippen molar-refractivity contribution in [2.45, 2.75) is 20.0 Å². The molecule has 0 aromatic rings. The molecule has 0 rings (SSSR count). The van der Waals surface area contributed by atoms with Crippen LogP contribution in [-0.2, 0) is 4.74 Å². The molecule has 0 bridgehead atoms. The van der Waals surface area contributed by atoms with Crippen molar-refractivity contribution in [1.29, 1.82) is 5.26 Å². The third-order valence-electron chi connectivity index (χ3n) is 0.503. The number of ether oxygens (including phenoxy) is 1. The van der Waals surface area contributed by atoms with E-state index in [1.807, 2.05) is 13.8 Å². The first-order chi connectivity index (χ1) is 3.66. The van der Waals surface area contributed by atoms with Crippen LogP contribution in [0.3, 0.4) is 0 Å². The molecule has 0 saturated heterocycles. The SMILES string of the molecule is C=C(C#N)OC(C)C. The van der Waals surface area contributed by atoms with Gasteiger partial charge in [-0.3, -0.25) is 0 Å². The van der Waals surface area contributed by atoms with Crippen LogP contribution in [0.15, 0.2) is 12.3 Å². The van der Waals surface area contributed by atoms with Gasteiger partial charge < -0.3 is 4.74 Å². The molecule has 0 heterocycles. The minimum Gasteiger partial charge on any atom is -0.481 e. The van der Waals surface area contributed by atoms with Crippen molar-refractivity contribution in [1.82, 2.24) is 0 Å². The smallest absolute Gasteiger partial charge is 0.189 e. The Morgan fingerprint density at radius 3 is 2.38 bits per heavy atom. The van der Waals surface area contributed by atoms with E-state index >= 15 is 0 Å². The summed E-state index contributed by atoms with van der Waals surface area (Å²) in [6.07, 6.45) is 0.0575. The monoisotopic (exact) mass is 111 g/mol. The lowest BCUT2D eigenvalue weighted by molar-refractivity contribution is 0.161. The van der Waals surface area contributed by atoms with E-state index in [1.165, 1.54) is 0 Å². The Balaban J connectivity index is 3.44. The fourth-order valence-corrected chi connectivity index (χ4v) is 0.311. The van der Waals surface area contributed by atoms with Crippen LogP contribution in [-0.4, -0.2) is 6.10 Å². The molecule has 0 aromatic carbocycles. The van der Waals surface area contributed by atoms with Crippen molar-refractivity contribution in [3.63, 3.8) is 0 Å². The summed E-state index contributed by atoms with van der Waals surface area (Å²) in [5.74, 6) is 0.181. The standard InChI is InChI=1S/C6H9NO/c1-5(2)8-6(3)4-7/h5H,3H2,1-2H3. The van der Waals surface area contributed by atoms with Gasteiger partial charge in [-0.1, -0.05) is 0 Å². The maximum absolute atomic E-state index is 8.11. The Labute approximate surface area is 49.4 Å². The molecule has 0 atom stereocenters. The van der Waals surface area contributed by atoms with Gasteiger partial charge in [0.2, 0.25) is 0 Å². The lowest BCUT2D eigenvalue weighted by Crippen LogP contribution is -1.99. The second kappa shape index (κ2) is 3.09. The molecule has 0 aliphatic rings. The van der Waals surface area contributed by atoms with E-state index in [1.54, 1.807) is 6.07 Å². The zero-order chi connectivity index (χ0) is 6.57. The van der Waals surface area contributed by atoms with Gasteiger partial charge in [0.25, 0.3) is 0 Å². The second-order valence-electron chi connectivity index (χ2n) is 1.70. The summed E-state index contributed by atoms with van der Waals surface area (Å²) < 4.78 is 4.84. The molecule has 0 spiro atoms. The van der Waals surface area contributed by atoms with Gasteiger partial charge >= 0.3 is 0 Å². The summed E-state index contributed by atoms with van der Waals surface area (Å²) in [5, 5.41) is 8.11. The molecule has 0 aliphatic heterocycles. The van der Waals surface area contributed by atoms with Gasteiger partial charge in [0.1, 0.15) is 6.07 Å².